The molecule has 0 aliphatic heterocycles. The quantitative estimate of drug-likeness (QED) is 0.730. The van der Waals surface area contributed by atoms with Gasteiger partial charge in [0.25, 0.3) is 0 Å². The number of nitrogens with zero attached hydrogens (tertiary/aromatic N) is 1. The van der Waals surface area contributed by atoms with Crippen LogP contribution in [0.1, 0.15) is 11.8 Å². The van der Waals surface area contributed by atoms with Crippen molar-refractivity contribution in [3.05, 3.63) is 30.1 Å². The lowest BCUT2D eigenvalue weighted by Crippen LogP contribution is -2.11. The third-order valence-corrected chi connectivity index (χ3v) is 2.46. The first kappa shape index (κ1) is 10.3. The van der Waals surface area contributed by atoms with Gasteiger partial charge in [0, 0.05) is 30.4 Å². The van der Waals surface area contributed by atoms with Crippen molar-refractivity contribution in [3.8, 4) is 0 Å². The first-order valence-corrected chi connectivity index (χ1v) is 5.70. The number of ether oxygens (including phenoxy) is 1. The van der Waals surface area contributed by atoms with Crippen LogP contribution >= 0.6 is 0 Å². The molecule has 0 saturated heterocycles. The molecule has 0 N–H and O–H groups in total. The molecule has 0 spiro atoms. The molecule has 1 aromatic heterocycles. The minimum atomic E-state index is -0.861. The Kier molecular flexibility index (Phi) is 4.05. The third kappa shape index (κ3) is 3.24. The molecule has 13 heavy (non-hydrogen) atoms. The van der Waals surface area contributed by atoms with E-state index in [1.54, 1.807) is 19.6 Å². The fourth-order valence-corrected chi connectivity index (χ4v) is 1.79. The second kappa shape index (κ2) is 5.09. The molecule has 0 amide bonds. The SMILES string of the molecule is COC(CS(C)=O)c1ccccn1. The maximum Gasteiger partial charge on any atom is 0.110 e. The molecular weight excluding hydrogens is 186 g/mol. The Labute approximate surface area is 80.6 Å². The van der Waals surface area contributed by atoms with Crippen LogP contribution < -0.4 is 0 Å². The molecular formula is C9H13NO2S. The van der Waals surface area contributed by atoms with Crippen molar-refractivity contribution >= 4 is 10.8 Å². The fourth-order valence-electron chi connectivity index (χ4n) is 1.05. The summed E-state index contributed by atoms with van der Waals surface area (Å²) in [5, 5.41) is 0. The summed E-state index contributed by atoms with van der Waals surface area (Å²) in [5.41, 5.74) is 0.834. The van der Waals surface area contributed by atoms with Gasteiger partial charge in [-0.15, -0.1) is 0 Å². The van der Waals surface area contributed by atoms with Crippen LogP contribution in [0.25, 0.3) is 0 Å². The molecule has 4 heteroatoms. The van der Waals surface area contributed by atoms with Gasteiger partial charge < -0.3 is 4.74 Å². The maximum absolute atomic E-state index is 11.0. The molecule has 1 aromatic rings. The van der Waals surface area contributed by atoms with Gasteiger partial charge in [0.05, 0.1) is 11.4 Å². The van der Waals surface area contributed by atoms with Crippen molar-refractivity contribution in [2.75, 3.05) is 19.1 Å². The van der Waals surface area contributed by atoms with Gasteiger partial charge in [-0.05, 0) is 12.1 Å². The van der Waals surface area contributed by atoms with Gasteiger partial charge in [0.15, 0.2) is 0 Å². The standard InChI is InChI=1S/C9H13NO2S/c1-12-9(7-13(2)11)8-5-3-4-6-10-8/h3-6,9H,7H2,1-2H3. The van der Waals surface area contributed by atoms with E-state index in [1.165, 1.54) is 0 Å². The fraction of sp³-hybridized carbons (Fsp3) is 0.444. The molecule has 72 valence electrons. The van der Waals surface area contributed by atoms with E-state index in [1.807, 2.05) is 18.2 Å². The average Bonchev–Trinajstić information content (AvgIpc) is 2.15. The van der Waals surface area contributed by atoms with Crippen LogP contribution in [-0.2, 0) is 15.5 Å². The number of aromatic nitrogens is 1. The maximum atomic E-state index is 11.0. The molecule has 1 heterocycles. The molecule has 3 nitrogen and oxygen atoms in total. The van der Waals surface area contributed by atoms with Crippen molar-refractivity contribution in [1.82, 2.24) is 4.98 Å². The number of hydrogen-bond donors (Lipinski definition) is 0. The summed E-state index contributed by atoms with van der Waals surface area (Å²) in [5.74, 6) is 0.494. The minimum Gasteiger partial charge on any atom is -0.374 e. The molecule has 2 atom stereocenters. The molecule has 0 bridgehead atoms. The summed E-state index contributed by atoms with van der Waals surface area (Å²) in [6, 6.07) is 5.62. The van der Waals surface area contributed by atoms with Crippen molar-refractivity contribution in [3.63, 3.8) is 0 Å². The molecule has 0 fully saturated rings. The van der Waals surface area contributed by atoms with Gasteiger partial charge >= 0.3 is 0 Å². The summed E-state index contributed by atoms with van der Waals surface area (Å²) >= 11 is 0. The number of hydrogen-bond acceptors (Lipinski definition) is 3. The Bertz CT molecular complexity index is 276. The second-order valence-corrected chi connectivity index (χ2v) is 4.20. The van der Waals surface area contributed by atoms with E-state index in [-0.39, 0.29) is 6.10 Å². The monoisotopic (exact) mass is 199 g/mol. The van der Waals surface area contributed by atoms with Crippen LogP contribution in [0.5, 0.6) is 0 Å². The highest BCUT2D eigenvalue weighted by Gasteiger charge is 2.12. The van der Waals surface area contributed by atoms with E-state index >= 15 is 0 Å². The summed E-state index contributed by atoms with van der Waals surface area (Å²) in [4.78, 5) is 4.14. The lowest BCUT2D eigenvalue weighted by atomic mass is 10.2. The number of pyridine rings is 1. The first-order chi connectivity index (χ1) is 6.24. The Morgan fingerprint density at radius 1 is 1.62 bits per heavy atom. The van der Waals surface area contributed by atoms with Crippen LogP contribution in [0.3, 0.4) is 0 Å². The molecule has 0 radical (unpaired) electrons. The molecule has 0 aliphatic rings. The second-order valence-electron chi connectivity index (χ2n) is 2.72. The number of methoxy groups -OCH3 is 1. The zero-order valence-electron chi connectivity index (χ0n) is 7.77. The van der Waals surface area contributed by atoms with Crippen LogP contribution in [0.2, 0.25) is 0 Å². The van der Waals surface area contributed by atoms with Crippen molar-refractivity contribution < 1.29 is 8.95 Å². The Hall–Kier alpha value is -0.740. The normalized spacial score (nSPS) is 15.2. The van der Waals surface area contributed by atoms with Gasteiger partial charge in [-0.1, -0.05) is 6.07 Å². The predicted molar refractivity (Wildman–Crippen MR) is 52.9 cm³/mol. The highest BCUT2D eigenvalue weighted by Crippen LogP contribution is 2.13. The van der Waals surface area contributed by atoms with Gasteiger partial charge in [-0.25, -0.2) is 0 Å². The van der Waals surface area contributed by atoms with E-state index in [0.717, 1.165) is 5.69 Å². The average molecular weight is 199 g/mol. The topological polar surface area (TPSA) is 39.2 Å². The smallest absolute Gasteiger partial charge is 0.110 e. The van der Waals surface area contributed by atoms with Crippen molar-refractivity contribution in [2.45, 2.75) is 6.10 Å². The van der Waals surface area contributed by atoms with E-state index < -0.39 is 10.8 Å². The number of rotatable bonds is 4. The summed E-state index contributed by atoms with van der Waals surface area (Å²) in [6.07, 6.45) is 3.21. The highest BCUT2D eigenvalue weighted by atomic mass is 32.2. The van der Waals surface area contributed by atoms with Crippen LogP contribution in [-0.4, -0.2) is 28.3 Å². The largest absolute Gasteiger partial charge is 0.374 e. The third-order valence-electron chi connectivity index (χ3n) is 1.69. The van der Waals surface area contributed by atoms with Gasteiger partial charge in [0.2, 0.25) is 0 Å². The molecule has 2 unspecified atom stereocenters. The van der Waals surface area contributed by atoms with E-state index in [0.29, 0.717) is 5.75 Å². The lowest BCUT2D eigenvalue weighted by molar-refractivity contribution is 0.119. The highest BCUT2D eigenvalue weighted by molar-refractivity contribution is 7.84. The Balaban J connectivity index is 2.73. The predicted octanol–water partition coefficient (Wildman–Crippen LogP) is 1.15. The van der Waals surface area contributed by atoms with Crippen molar-refractivity contribution in [1.29, 1.82) is 0 Å². The molecule has 0 aliphatic carbocycles. The van der Waals surface area contributed by atoms with Gasteiger partial charge in [-0.2, -0.15) is 0 Å². The van der Waals surface area contributed by atoms with Gasteiger partial charge in [0.1, 0.15) is 6.10 Å². The minimum absolute atomic E-state index is 0.160. The van der Waals surface area contributed by atoms with Crippen LogP contribution in [0.15, 0.2) is 24.4 Å². The van der Waals surface area contributed by atoms with Crippen LogP contribution in [0, 0.1) is 0 Å². The first-order valence-electron chi connectivity index (χ1n) is 3.97. The molecule has 0 saturated carbocycles. The zero-order chi connectivity index (χ0) is 9.68. The zero-order valence-corrected chi connectivity index (χ0v) is 8.58. The summed E-state index contributed by atoms with van der Waals surface area (Å²) in [7, 11) is 0.742. The molecule has 0 aromatic carbocycles. The Morgan fingerprint density at radius 3 is 2.85 bits per heavy atom. The molecule has 1 rings (SSSR count). The summed E-state index contributed by atoms with van der Waals surface area (Å²) in [6.45, 7) is 0. The van der Waals surface area contributed by atoms with E-state index in [4.69, 9.17) is 4.74 Å². The van der Waals surface area contributed by atoms with E-state index in [9.17, 15) is 4.21 Å². The van der Waals surface area contributed by atoms with E-state index in [2.05, 4.69) is 4.98 Å². The summed E-state index contributed by atoms with van der Waals surface area (Å²) < 4.78 is 16.2. The van der Waals surface area contributed by atoms with Crippen molar-refractivity contribution in [2.24, 2.45) is 0 Å². The van der Waals surface area contributed by atoms with Gasteiger partial charge in [-0.3, -0.25) is 9.19 Å². The lowest BCUT2D eigenvalue weighted by Gasteiger charge is -2.12. The van der Waals surface area contributed by atoms with Crippen LogP contribution in [0.4, 0.5) is 0 Å². The Morgan fingerprint density at radius 2 is 2.38 bits per heavy atom.